The molecule has 6 nitrogen and oxygen atoms in total. The number of rotatable bonds is 6. The van der Waals surface area contributed by atoms with E-state index in [-0.39, 0.29) is 6.04 Å². The van der Waals surface area contributed by atoms with E-state index in [9.17, 15) is 0 Å². The number of benzene rings is 1. The fourth-order valence-corrected chi connectivity index (χ4v) is 3.79. The van der Waals surface area contributed by atoms with E-state index in [0.29, 0.717) is 5.78 Å². The Bertz CT molecular complexity index is 856. The molecule has 1 aliphatic heterocycles. The molecule has 1 unspecified atom stereocenters. The van der Waals surface area contributed by atoms with Gasteiger partial charge in [0.15, 0.2) is 0 Å². The van der Waals surface area contributed by atoms with Crippen LogP contribution in [0.3, 0.4) is 0 Å². The normalized spacial score (nSPS) is 16.5. The molecule has 0 radical (unpaired) electrons. The van der Waals surface area contributed by atoms with Crippen LogP contribution in [0.4, 0.5) is 5.82 Å². The first kappa shape index (κ1) is 16.8. The second-order valence-electron chi connectivity index (χ2n) is 6.66. The molecule has 0 bridgehead atoms. The van der Waals surface area contributed by atoms with Crippen molar-refractivity contribution in [3.05, 3.63) is 54.5 Å². The van der Waals surface area contributed by atoms with Crippen LogP contribution in [0.1, 0.15) is 30.9 Å². The summed E-state index contributed by atoms with van der Waals surface area (Å²) in [7, 11) is 1.75. The Morgan fingerprint density at radius 1 is 1.08 bits per heavy atom. The molecule has 0 saturated carbocycles. The Morgan fingerprint density at radius 3 is 2.73 bits per heavy atom. The Labute approximate surface area is 153 Å². The van der Waals surface area contributed by atoms with Gasteiger partial charge in [-0.3, -0.25) is 9.30 Å². The monoisotopic (exact) mass is 351 g/mol. The number of ether oxygens (including phenoxy) is 1. The van der Waals surface area contributed by atoms with Gasteiger partial charge in [-0.25, -0.2) is 9.97 Å². The summed E-state index contributed by atoms with van der Waals surface area (Å²) in [5.41, 5.74) is 1.24. The highest BCUT2D eigenvalue weighted by atomic mass is 16.5. The molecule has 1 aliphatic rings. The van der Waals surface area contributed by atoms with Crippen LogP contribution in [0.2, 0.25) is 0 Å². The van der Waals surface area contributed by atoms with Gasteiger partial charge in [0.1, 0.15) is 11.6 Å². The Balaban J connectivity index is 1.61. The summed E-state index contributed by atoms with van der Waals surface area (Å²) in [5, 5.41) is 3.61. The molecule has 6 heteroatoms. The van der Waals surface area contributed by atoms with Gasteiger partial charge < -0.3 is 10.1 Å². The molecule has 2 aromatic heterocycles. The van der Waals surface area contributed by atoms with Crippen molar-refractivity contribution in [3.63, 3.8) is 0 Å². The van der Waals surface area contributed by atoms with Gasteiger partial charge in [-0.2, -0.15) is 0 Å². The number of piperidine rings is 1. The second-order valence-corrected chi connectivity index (χ2v) is 6.66. The molecule has 1 aromatic carbocycles. The lowest BCUT2D eigenvalue weighted by molar-refractivity contribution is 0.167. The van der Waals surface area contributed by atoms with Crippen LogP contribution in [-0.4, -0.2) is 46.0 Å². The Morgan fingerprint density at radius 2 is 1.88 bits per heavy atom. The average Bonchev–Trinajstić information content (AvgIpc) is 3.19. The first-order valence-corrected chi connectivity index (χ1v) is 9.26. The summed E-state index contributed by atoms with van der Waals surface area (Å²) in [6.45, 7) is 3.06. The van der Waals surface area contributed by atoms with E-state index in [0.717, 1.165) is 31.2 Å². The third kappa shape index (κ3) is 3.37. The number of hydrogen-bond acceptors (Lipinski definition) is 5. The van der Waals surface area contributed by atoms with Gasteiger partial charge in [0.05, 0.1) is 13.2 Å². The van der Waals surface area contributed by atoms with Gasteiger partial charge in [-0.1, -0.05) is 24.6 Å². The Hall–Kier alpha value is -2.60. The highest BCUT2D eigenvalue weighted by molar-refractivity contribution is 5.45. The van der Waals surface area contributed by atoms with Crippen LogP contribution in [-0.2, 0) is 0 Å². The zero-order valence-corrected chi connectivity index (χ0v) is 15.1. The number of nitrogens with one attached hydrogen (secondary N) is 1. The van der Waals surface area contributed by atoms with Gasteiger partial charge in [0, 0.05) is 30.7 Å². The molecule has 3 heterocycles. The van der Waals surface area contributed by atoms with Crippen molar-refractivity contribution in [1.82, 2.24) is 19.3 Å². The SMILES string of the molecule is COc1ccccc1C(CNc1ccnc2nccn12)N1CCCCC1. The molecule has 0 amide bonds. The van der Waals surface area contributed by atoms with E-state index in [4.69, 9.17) is 4.74 Å². The number of likely N-dealkylation sites (tertiary alicyclic amines) is 1. The fraction of sp³-hybridized carbons (Fsp3) is 0.400. The summed E-state index contributed by atoms with van der Waals surface area (Å²) >= 11 is 0. The third-order valence-corrected chi connectivity index (χ3v) is 5.11. The second kappa shape index (κ2) is 7.74. The van der Waals surface area contributed by atoms with Crippen LogP contribution in [0, 0.1) is 0 Å². The lowest BCUT2D eigenvalue weighted by Gasteiger charge is -2.35. The molecule has 4 rings (SSSR count). The third-order valence-electron chi connectivity index (χ3n) is 5.11. The molecule has 0 aliphatic carbocycles. The molecule has 0 spiro atoms. The summed E-state index contributed by atoms with van der Waals surface area (Å²) < 4.78 is 7.63. The minimum atomic E-state index is 0.262. The molecule has 1 fully saturated rings. The molecule has 26 heavy (non-hydrogen) atoms. The van der Waals surface area contributed by atoms with Crippen molar-refractivity contribution in [3.8, 4) is 5.75 Å². The maximum atomic E-state index is 5.65. The van der Waals surface area contributed by atoms with E-state index in [2.05, 4.69) is 32.3 Å². The molecule has 1 N–H and O–H groups in total. The van der Waals surface area contributed by atoms with Gasteiger partial charge >= 0.3 is 0 Å². The van der Waals surface area contributed by atoms with Gasteiger partial charge in [0.2, 0.25) is 5.78 Å². The number of imidazole rings is 1. The van der Waals surface area contributed by atoms with Crippen LogP contribution >= 0.6 is 0 Å². The maximum absolute atomic E-state index is 5.65. The predicted octanol–water partition coefficient (Wildman–Crippen LogP) is 3.38. The van der Waals surface area contributed by atoms with Crippen molar-refractivity contribution in [1.29, 1.82) is 0 Å². The van der Waals surface area contributed by atoms with Crippen molar-refractivity contribution in [2.45, 2.75) is 25.3 Å². The van der Waals surface area contributed by atoms with Gasteiger partial charge in [-0.05, 0) is 38.1 Å². The summed E-state index contributed by atoms with van der Waals surface area (Å²) in [4.78, 5) is 11.1. The molecule has 1 atom stereocenters. The lowest BCUT2D eigenvalue weighted by atomic mass is 10.0. The van der Waals surface area contributed by atoms with Crippen molar-refractivity contribution in [2.24, 2.45) is 0 Å². The molecular formula is C20H25N5O. The highest BCUT2D eigenvalue weighted by Crippen LogP contribution is 2.31. The van der Waals surface area contributed by atoms with Crippen LogP contribution < -0.4 is 10.1 Å². The Kier molecular flexibility index (Phi) is 5.02. The molecular weight excluding hydrogens is 326 g/mol. The zero-order valence-electron chi connectivity index (χ0n) is 15.1. The minimum absolute atomic E-state index is 0.262. The van der Waals surface area contributed by atoms with Crippen LogP contribution in [0.5, 0.6) is 5.75 Å². The molecule has 136 valence electrons. The van der Waals surface area contributed by atoms with E-state index in [1.54, 1.807) is 19.5 Å². The molecule has 3 aromatic rings. The standard InChI is InChI=1S/C20H25N5O/c1-26-18-8-4-3-7-16(18)17(24-12-5-2-6-13-24)15-23-19-9-10-21-20-22-11-14-25(19)20/h3-4,7-11,14,17,23H,2,5-6,12-13,15H2,1H3. The highest BCUT2D eigenvalue weighted by Gasteiger charge is 2.24. The molecule has 1 saturated heterocycles. The zero-order chi connectivity index (χ0) is 17.8. The number of para-hydroxylation sites is 1. The topological polar surface area (TPSA) is 54.7 Å². The van der Waals surface area contributed by atoms with E-state index < -0.39 is 0 Å². The van der Waals surface area contributed by atoms with E-state index >= 15 is 0 Å². The smallest absolute Gasteiger partial charge is 0.235 e. The van der Waals surface area contributed by atoms with E-state index in [1.165, 1.54) is 24.8 Å². The first-order valence-electron chi connectivity index (χ1n) is 9.26. The number of anilines is 1. The number of nitrogens with zero attached hydrogens (tertiary/aromatic N) is 4. The maximum Gasteiger partial charge on any atom is 0.235 e. The summed E-state index contributed by atoms with van der Waals surface area (Å²) in [6, 6.07) is 10.6. The van der Waals surface area contributed by atoms with Gasteiger partial charge in [-0.15, -0.1) is 0 Å². The largest absolute Gasteiger partial charge is 0.496 e. The average molecular weight is 351 g/mol. The lowest BCUT2D eigenvalue weighted by Crippen LogP contribution is -2.37. The van der Waals surface area contributed by atoms with Crippen molar-refractivity contribution in [2.75, 3.05) is 32.1 Å². The van der Waals surface area contributed by atoms with Crippen LogP contribution in [0.15, 0.2) is 48.9 Å². The van der Waals surface area contributed by atoms with Crippen molar-refractivity contribution >= 4 is 11.6 Å². The summed E-state index contributed by atoms with van der Waals surface area (Å²) in [5.74, 6) is 2.67. The van der Waals surface area contributed by atoms with Crippen molar-refractivity contribution < 1.29 is 4.74 Å². The van der Waals surface area contributed by atoms with Gasteiger partial charge in [0.25, 0.3) is 0 Å². The minimum Gasteiger partial charge on any atom is -0.496 e. The fourth-order valence-electron chi connectivity index (χ4n) is 3.79. The number of aromatic nitrogens is 3. The summed E-state index contributed by atoms with van der Waals surface area (Å²) in [6.07, 6.45) is 9.34. The quantitative estimate of drug-likeness (QED) is 0.738. The number of methoxy groups -OCH3 is 1. The van der Waals surface area contributed by atoms with Crippen LogP contribution in [0.25, 0.3) is 5.78 Å². The van der Waals surface area contributed by atoms with E-state index in [1.807, 2.05) is 28.8 Å². The first-order chi connectivity index (χ1) is 12.9. The number of hydrogen-bond donors (Lipinski definition) is 1. The predicted molar refractivity (Wildman–Crippen MR) is 103 cm³/mol. The number of fused-ring (bicyclic) bond motifs is 1.